The molecule has 1 saturated heterocycles. The third kappa shape index (κ3) is 4.73. The predicted octanol–water partition coefficient (Wildman–Crippen LogP) is 3.38. The molecule has 3 aromatic rings. The van der Waals surface area contributed by atoms with E-state index in [0.717, 1.165) is 5.56 Å². The molecule has 170 valence electrons. The zero-order valence-electron chi connectivity index (χ0n) is 18.4. The SMILES string of the molecule is CC(C)(C)c1ccc(S(=O)(=O)N2CCN(Cc3nc4cc(Cl)ccc4c(=O)[nH]3)CC2)cc1. The van der Waals surface area contributed by atoms with Gasteiger partial charge in [0.1, 0.15) is 5.82 Å². The molecule has 0 unspecified atom stereocenters. The fourth-order valence-corrected chi connectivity index (χ4v) is 5.44. The summed E-state index contributed by atoms with van der Waals surface area (Å²) in [6, 6.07) is 12.1. The molecule has 32 heavy (non-hydrogen) atoms. The maximum absolute atomic E-state index is 13.1. The Bertz CT molecular complexity index is 1290. The quantitative estimate of drug-likeness (QED) is 0.626. The van der Waals surface area contributed by atoms with E-state index in [-0.39, 0.29) is 11.0 Å². The van der Waals surface area contributed by atoms with E-state index in [9.17, 15) is 13.2 Å². The largest absolute Gasteiger partial charge is 0.309 e. The Labute approximate surface area is 193 Å². The van der Waals surface area contributed by atoms with E-state index >= 15 is 0 Å². The molecule has 9 heteroatoms. The normalized spacial score (nSPS) is 16.5. The number of sulfonamides is 1. The minimum atomic E-state index is -3.54. The zero-order valence-corrected chi connectivity index (χ0v) is 20.0. The minimum Gasteiger partial charge on any atom is -0.309 e. The highest BCUT2D eigenvalue weighted by Crippen LogP contribution is 2.25. The summed E-state index contributed by atoms with van der Waals surface area (Å²) in [5.74, 6) is 0.541. The number of rotatable bonds is 4. The van der Waals surface area contributed by atoms with E-state index in [1.54, 1.807) is 30.3 Å². The fraction of sp³-hybridized carbons (Fsp3) is 0.391. The van der Waals surface area contributed by atoms with Crippen LogP contribution >= 0.6 is 11.6 Å². The Morgan fingerprint density at radius 1 is 1.03 bits per heavy atom. The average Bonchev–Trinajstić information content (AvgIpc) is 2.73. The van der Waals surface area contributed by atoms with Gasteiger partial charge in [0.05, 0.1) is 22.3 Å². The Morgan fingerprint density at radius 2 is 1.69 bits per heavy atom. The lowest BCUT2D eigenvalue weighted by Crippen LogP contribution is -2.48. The van der Waals surface area contributed by atoms with E-state index in [4.69, 9.17) is 11.6 Å². The maximum Gasteiger partial charge on any atom is 0.258 e. The van der Waals surface area contributed by atoms with Crippen LogP contribution in [0.1, 0.15) is 32.2 Å². The molecule has 1 aliphatic heterocycles. The van der Waals surface area contributed by atoms with Crippen LogP contribution in [-0.2, 0) is 22.0 Å². The number of nitrogens with one attached hydrogen (secondary N) is 1. The average molecular weight is 475 g/mol. The first-order chi connectivity index (χ1) is 15.0. The van der Waals surface area contributed by atoms with Crippen molar-refractivity contribution >= 4 is 32.5 Å². The van der Waals surface area contributed by atoms with Crippen molar-refractivity contribution in [2.45, 2.75) is 37.6 Å². The molecule has 2 heterocycles. The van der Waals surface area contributed by atoms with Gasteiger partial charge in [0, 0.05) is 31.2 Å². The second-order valence-corrected chi connectivity index (χ2v) is 11.5. The molecule has 2 aromatic carbocycles. The molecule has 4 rings (SSSR count). The molecular formula is C23H27ClN4O3S. The van der Waals surface area contributed by atoms with Crippen molar-refractivity contribution in [2.75, 3.05) is 26.2 Å². The summed E-state index contributed by atoms with van der Waals surface area (Å²) < 4.78 is 27.7. The molecule has 1 fully saturated rings. The first-order valence-electron chi connectivity index (χ1n) is 10.6. The summed E-state index contributed by atoms with van der Waals surface area (Å²) in [5.41, 5.74) is 1.41. The summed E-state index contributed by atoms with van der Waals surface area (Å²) >= 11 is 6.03. The minimum absolute atomic E-state index is 0.0307. The molecule has 0 aliphatic carbocycles. The highest BCUT2D eigenvalue weighted by atomic mass is 35.5. The molecule has 0 atom stereocenters. The molecule has 0 saturated carbocycles. The van der Waals surface area contributed by atoms with Crippen LogP contribution in [0.5, 0.6) is 0 Å². The maximum atomic E-state index is 13.1. The fourth-order valence-electron chi connectivity index (χ4n) is 3.85. The number of hydrogen-bond donors (Lipinski definition) is 1. The van der Waals surface area contributed by atoms with Gasteiger partial charge in [0.25, 0.3) is 5.56 Å². The van der Waals surface area contributed by atoms with E-state index in [1.807, 2.05) is 12.1 Å². The molecule has 1 aromatic heterocycles. The van der Waals surface area contributed by atoms with Crippen LogP contribution < -0.4 is 5.56 Å². The topological polar surface area (TPSA) is 86.4 Å². The van der Waals surface area contributed by atoms with Gasteiger partial charge in [-0.2, -0.15) is 4.31 Å². The molecule has 0 amide bonds. The first-order valence-corrected chi connectivity index (χ1v) is 12.4. The lowest BCUT2D eigenvalue weighted by atomic mass is 9.87. The molecule has 0 spiro atoms. The lowest BCUT2D eigenvalue weighted by molar-refractivity contribution is 0.178. The van der Waals surface area contributed by atoms with Crippen LogP contribution in [0.4, 0.5) is 0 Å². The molecule has 7 nitrogen and oxygen atoms in total. The second-order valence-electron chi connectivity index (χ2n) is 9.13. The van der Waals surface area contributed by atoms with Crippen molar-refractivity contribution in [2.24, 2.45) is 0 Å². The predicted molar refractivity (Wildman–Crippen MR) is 127 cm³/mol. The number of fused-ring (bicyclic) bond motifs is 1. The van der Waals surface area contributed by atoms with Crippen molar-refractivity contribution in [3.8, 4) is 0 Å². The molecule has 0 radical (unpaired) electrons. The van der Waals surface area contributed by atoms with Crippen molar-refractivity contribution in [3.63, 3.8) is 0 Å². The Hall–Kier alpha value is -2.26. The smallest absolute Gasteiger partial charge is 0.258 e. The van der Waals surface area contributed by atoms with Crippen LogP contribution in [0.25, 0.3) is 10.9 Å². The highest BCUT2D eigenvalue weighted by Gasteiger charge is 2.29. The van der Waals surface area contributed by atoms with Crippen molar-refractivity contribution in [3.05, 3.63) is 69.2 Å². The highest BCUT2D eigenvalue weighted by molar-refractivity contribution is 7.89. The Balaban J connectivity index is 1.44. The van der Waals surface area contributed by atoms with Gasteiger partial charge in [0.2, 0.25) is 10.0 Å². The number of aromatic nitrogens is 2. The summed E-state index contributed by atoms with van der Waals surface area (Å²) in [6.45, 7) is 8.60. The molecule has 0 bridgehead atoms. The molecular weight excluding hydrogens is 448 g/mol. The van der Waals surface area contributed by atoms with E-state index in [0.29, 0.717) is 59.4 Å². The number of nitrogens with zero attached hydrogens (tertiary/aromatic N) is 3. The van der Waals surface area contributed by atoms with Crippen LogP contribution in [0.3, 0.4) is 0 Å². The monoisotopic (exact) mass is 474 g/mol. The van der Waals surface area contributed by atoms with Crippen LogP contribution in [0.15, 0.2) is 52.2 Å². The van der Waals surface area contributed by atoms with E-state index in [1.165, 1.54) is 4.31 Å². The number of piperazine rings is 1. The number of halogens is 1. The summed E-state index contributed by atoms with van der Waals surface area (Å²) in [7, 11) is -3.54. The lowest BCUT2D eigenvalue weighted by Gasteiger charge is -2.33. The summed E-state index contributed by atoms with van der Waals surface area (Å²) in [5, 5.41) is 1.02. The number of hydrogen-bond acceptors (Lipinski definition) is 5. The van der Waals surface area contributed by atoms with E-state index in [2.05, 4.69) is 35.6 Å². The Kier molecular flexibility index (Phi) is 6.15. The summed E-state index contributed by atoms with van der Waals surface area (Å²) in [4.78, 5) is 22.1. The van der Waals surface area contributed by atoms with Crippen molar-refractivity contribution < 1.29 is 8.42 Å². The second kappa shape index (κ2) is 8.59. The third-order valence-electron chi connectivity index (χ3n) is 5.78. The molecule has 1 aliphatic rings. The van der Waals surface area contributed by atoms with E-state index < -0.39 is 10.0 Å². The van der Waals surface area contributed by atoms with Crippen LogP contribution in [0.2, 0.25) is 5.02 Å². The number of benzene rings is 2. The van der Waals surface area contributed by atoms with Gasteiger partial charge in [-0.05, 0) is 41.3 Å². The molecule has 1 N–H and O–H groups in total. The van der Waals surface area contributed by atoms with Gasteiger partial charge in [-0.3, -0.25) is 9.69 Å². The number of aromatic amines is 1. The van der Waals surface area contributed by atoms with Crippen LogP contribution in [0, 0.1) is 0 Å². The summed E-state index contributed by atoms with van der Waals surface area (Å²) in [6.07, 6.45) is 0. The van der Waals surface area contributed by atoms with Gasteiger partial charge in [-0.25, -0.2) is 13.4 Å². The first kappa shape index (κ1) is 22.9. The van der Waals surface area contributed by atoms with Crippen molar-refractivity contribution in [1.29, 1.82) is 0 Å². The Morgan fingerprint density at radius 3 is 2.31 bits per heavy atom. The van der Waals surface area contributed by atoms with Gasteiger partial charge in [-0.15, -0.1) is 0 Å². The van der Waals surface area contributed by atoms with Crippen molar-refractivity contribution in [1.82, 2.24) is 19.2 Å². The van der Waals surface area contributed by atoms with Gasteiger partial charge in [-0.1, -0.05) is 44.5 Å². The zero-order chi connectivity index (χ0) is 23.1. The van der Waals surface area contributed by atoms with Gasteiger partial charge < -0.3 is 4.98 Å². The third-order valence-corrected chi connectivity index (χ3v) is 7.93. The standard InChI is InChI=1S/C23H27ClN4O3S/c1-23(2,3)16-4-7-18(8-5-16)32(30,31)28-12-10-27(11-13-28)15-21-25-20-14-17(24)6-9-19(20)22(29)26-21/h4-9,14H,10-13,15H2,1-3H3,(H,25,26,29). The van der Waals surface area contributed by atoms with Gasteiger partial charge >= 0.3 is 0 Å². The van der Waals surface area contributed by atoms with Gasteiger partial charge in [0.15, 0.2) is 0 Å². The number of H-pyrrole nitrogens is 1. The van der Waals surface area contributed by atoms with Crippen LogP contribution in [-0.4, -0.2) is 53.8 Å².